The Morgan fingerprint density at radius 2 is 1.67 bits per heavy atom. The highest BCUT2D eigenvalue weighted by Gasteiger charge is 2.21. The molecule has 18 heavy (non-hydrogen) atoms. The van der Waals surface area contributed by atoms with Crippen molar-refractivity contribution in [2.45, 2.75) is 12.7 Å². The number of nitriles is 1. The topological polar surface area (TPSA) is 42.2 Å². The molecule has 3 nitrogen and oxygen atoms in total. The van der Waals surface area contributed by atoms with Gasteiger partial charge in [-0.25, -0.2) is 0 Å². The molecule has 1 aromatic rings. The Bertz CT molecular complexity index is 432. The van der Waals surface area contributed by atoms with Crippen LogP contribution < -0.4 is 0 Å². The number of methoxy groups -OCH3 is 2. The van der Waals surface area contributed by atoms with Crippen molar-refractivity contribution in [2.75, 3.05) is 14.2 Å². The van der Waals surface area contributed by atoms with Crippen LogP contribution in [0.15, 0.2) is 12.1 Å². The number of hydrogen-bond acceptors (Lipinski definition) is 3. The standard InChI is InChI=1S/C12H12Cl3NO2/c1-17-12(18-2)8(6-16)3-7-4-9(13)11(15)10(14)5-7/h4-5,8,12H,3H2,1-2H3. The van der Waals surface area contributed by atoms with Gasteiger partial charge in [0.05, 0.1) is 21.1 Å². The van der Waals surface area contributed by atoms with E-state index in [-0.39, 0.29) is 0 Å². The predicted molar refractivity (Wildman–Crippen MR) is 72.1 cm³/mol. The van der Waals surface area contributed by atoms with E-state index in [1.165, 1.54) is 14.2 Å². The number of rotatable bonds is 5. The predicted octanol–water partition coefficient (Wildman–Crippen LogP) is 3.95. The molecule has 0 aliphatic heterocycles. The highest BCUT2D eigenvalue weighted by atomic mass is 35.5. The molecule has 1 unspecified atom stereocenters. The normalized spacial score (nSPS) is 12.5. The molecule has 0 saturated carbocycles. The van der Waals surface area contributed by atoms with Crippen molar-refractivity contribution in [1.29, 1.82) is 5.26 Å². The van der Waals surface area contributed by atoms with Gasteiger partial charge in [0.15, 0.2) is 6.29 Å². The number of benzene rings is 1. The zero-order valence-corrected chi connectivity index (χ0v) is 12.2. The summed E-state index contributed by atoms with van der Waals surface area (Å²) in [7, 11) is 2.97. The summed E-state index contributed by atoms with van der Waals surface area (Å²) in [6, 6.07) is 5.50. The van der Waals surface area contributed by atoms with Gasteiger partial charge in [-0.1, -0.05) is 34.8 Å². The van der Waals surface area contributed by atoms with Gasteiger partial charge in [0, 0.05) is 14.2 Å². The molecule has 1 atom stereocenters. The van der Waals surface area contributed by atoms with E-state index in [1.54, 1.807) is 12.1 Å². The fourth-order valence-corrected chi connectivity index (χ4v) is 2.25. The molecular weight excluding hydrogens is 296 g/mol. The maximum absolute atomic E-state index is 9.11. The van der Waals surface area contributed by atoms with Crippen LogP contribution in [-0.4, -0.2) is 20.5 Å². The van der Waals surface area contributed by atoms with Crippen LogP contribution in [0.5, 0.6) is 0 Å². The van der Waals surface area contributed by atoms with Crippen LogP contribution in [0.3, 0.4) is 0 Å². The van der Waals surface area contributed by atoms with Crippen molar-refractivity contribution in [2.24, 2.45) is 5.92 Å². The molecule has 0 spiro atoms. The van der Waals surface area contributed by atoms with Gasteiger partial charge < -0.3 is 9.47 Å². The lowest BCUT2D eigenvalue weighted by molar-refractivity contribution is -0.124. The zero-order chi connectivity index (χ0) is 13.7. The van der Waals surface area contributed by atoms with E-state index in [0.717, 1.165) is 5.56 Å². The summed E-state index contributed by atoms with van der Waals surface area (Å²) >= 11 is 17.7. The van der Waals surface area contributed by atoms with Crippen molar-refractivity contribution < 1.29 is 9.47 Å². The summed E-state index contributed by atoms with van der Waals surface area (Å²) in [5.74, 6) is -0.451. The first-order valence-corrected chi connectivity index (χ1v) is 6.25. The molecule has 0 heterocycles. The van der Waals surface area contributed by atoms with Crippen molar-refractivity contribution in [1.82, 2.24) is 0 Å². The summed E-state index contributed by atoms with van der Waals surface area (Å²) in [4.78, 5) is 0. The Morgan fingerprint density at radius 1 is 1.17 bits per heavy atom. The van der Waals surface area contributed by atoms with Gasteiger partial charge in [-0.15, -0.1) is 0 Å². The Hall–Kier alpha value is -0.500. The fourth-order valence-electron chi connectivity index (χ4n) is 1.61. The lowest BCUT2D eigenvalue weighted by atomic mass is 10.00. The summed E-state index contributed by atoms with van der Waals surface area (Å²) in [6.07, 6.45) is -0.178. The molecule has 0 N–H and O–H groups in total. The van der Waals surface area contributed by atoms with Crippen LogP contribution in [0.25, 0.3) is 0 Å². The van der Waals surface area contributed by atoms with Gasteiger partial charge in [-0.2, -0.15) is 5.26 Å². The SMILES string of the molecule is COC(OC)C(C#N)Cc1cc(Cl)c(Cl)c(Cl)c1. The quantitative estimate of drug-likeness (QED) is 0.611. The fraction of sp³-hybridized carbons (Fsp3) is 0.417. The molecule has 0 bridgehead atoms. The molecule has 0 fully saturated rings. The molecule has 0 radical (unpaired) electrons. The van der Waals surface area contributed by atoms with Gasteiger partial charge in [0.2, 0.25) is 0 Å². The van der Waals surface area contributed by atoms with E-state index in [1.807, 2.05) is 0 Å². The molecule has 1 aromatic carbocycles. The second kappa shape index (κ2) is 7.18. The van der Waals surface area contributed by atoms with E-state index in [2.05, 4.69) is 6.07 Å². The van der Waals surface area contributed by atoms with E-state index >= 15 is 0 Å². The van der Waals surface area contributed by atoms with Crippen LogP contribution >= 0.6 is 34.8 Å². The number of nitrogens with zero attached hydrogens (tertiary/aromatic N) is 1. The van der Waals surface area contributed by atoms with E-state index < -0.39 is 12.2 Å². The average Bonchev–Trinajstić information content (AvgIpc) is 2.35. The molecule has 0 amide bonds. The minimum atomic E-state index is -0.594. The Labute approximate surface area is 121 Å². The molecule has 98 valence electrons. The van der Waals surface area contributed by atoms with Crippen LogP contribution in [0.4, 0.5) is 0 Å². The Kier molecular flexibility index (Phi) is 6.20. The summed E-state index contributed by atoms with van der Waals surface area (Å²) in [5.41, 5.74) is 0.806. The van der Waals surface area contributed by atoms with Crippen LogP contribution in [-0.2, 0) is 15.9 Å². The maximum atomic E-state index is 9.11. The molecular formula is C12H12Cl3NO2. The minimum Gasteiger partial charge on any atom is -0.354 e. The van der Waals surface area contributed by atoms with Crippen molar-refractivity contribution in [3.63, 3.8) is 0 Å². The molecule has 0 aliphatic carbocycles. The van der Waals surface area contributed by atoms with Crippen molar-refractivity contribution >= 4 is 34.8 Å². The third kappa shape index (κ3) is 3.74. The number of halogens is 3. The van der Waals surface area contributed by atoms with Crippen molar-refractivity contribution in [3.05, 3.63) is 32.8 Å². The first-order chi connectivity index (χ1) is 8.53. The lowest BCUT2D eigenvalue weighted by Crippen LogP contribution is -2.25. The molecule has 0 saturated heterocycles. The van der Waals surface area contributed by atoms with E-state index in [4.69, 9.17) is 49.5 Å². The zero-order valence-electron chi connectivity index (χ0n) is 9.91. The molecule has 0 aromatic heterocycles. The lowest BCUT2D eigenvalue weighted by Gasteiger charge is -2.19. The van der Waals surface area contributed by atoms with E-state index in [9.17, 15) is 0 Å². The first kappa shape index (κ1) is 15.6. The highest BCUT2D eigenvalue weighted by molar-refractivity contribution is 6.48. The average molecular weight is 309 g/mol. The van der Waals surface area contributed by atoms with Gasteiger partial charge in [-0.3, -0.25) is 0 Å². The van der Waals surface area contributed by atoms with Crippen LogP contribution in [0.2, 0.25) is 15.1 Å². The third-order valence-corrected chi connectivity index (χ3v) is 3.66. The molecule has 0 aliphatic rings. The number of ether oxygens (including phenoxy) is 2. The Morgan fingerprint density at radius 3 is 2.06 bits per heavy atom. The Balaban J connectivity index is 2.93. The molecule has 6 heteroatoms. The first-order valence-electron chi connectivity index (χ1n) is 5.12. The third-order valence-electron chi connectivity index (χ3n) is 2.46. The maximum Gasteiger partial charge on any atom is 0.172 e. The monoisotopic (exact) mass is 307 g/mol. The van der Waals surface area contributed by atoms with Crippen LogP contribution in [0.1, 0.15) is 5.56 Å². The molecule has 1 rings (SSSR count). The van der Waals surface area contributed by atoms with Crippen molar-refractivity contribution in [3.8, 4) is 6.07 Å². The second-order valence-corrected chi connectivity index (χ2v) is 4.85. The van der Waals surface area contributed by atoms with Gasteiger partial charge in [0.1, 0.15) is 5.92 Å². The smallest absolute Gasteiger partial charge is 0.172 e. The van der Waals surface area contributed by atoms with Gasteiger partial charge in [-0.05, 0) is 24.1 Å². The largest absolute Gasteiger partial charge is 0.354 e. The van der Waals surface area contributed by atoms with Gasteiger partial charge in [0.25, 0.3) is 0 Å². The summed E-state index contributed by atoms with van der Waals surface area (Å²) in [5, 5.41) is 10.1. The highest BCUT2D eigenvalue weighted by Crippen LogP contribution is 2.32. The second-order valence-electron chi connectivity index (χ2n) is 3.65. The summed E-state index contributed by atoms with van der Waals surface area (Å²) in [6.45, 7) is 0. The minimum absolute atomic E-state index is 0.311. The van der Waals surface area contributed by atoms with Gasteiger partial charge >= 0.3 is 0 Å². The van der Waals surface area contributed by atoms with E-state index in [0.29, 0.717) is 21.5 Å². The number of hydrogen-bond donors (Lipinski definition) is 0. The van der Waals surface area contributed by atoms with Crippen LogP contribution in [0, 0.1) is 17.2 Å². The summed E-state index contributed by atoms with van der Waals surface area (Å²) < 4.78 is 10.1.